The van der Waals surface area contributed by atoms with E-state index in [1.54, 1.807) is 30.3 Å². The molecule has 0 atom stereocenters. The first-order valence-corrected chi connectivity index (χ1v) is 6.52. The zero-order valence-electron chi connectivity index (χ0n) is 11.3. The van der Waals surface area contributed by atoms with Crippen molar-refractivity contribution in [3.05, 3.63) is 83.7 Å². The fourth-order valence-electron chi connectivity index (χ4n) is 2.15. The van der Waals surface area contributed by atoms with Crippen LogP contribution in [-0.4, -0.2) is 15.5 Å². The van der Waals surface area contributed by atoms with Gasteiger partial charge in [-0.15, -0.1) is 0 Å². The maximum absolute atomic E-state index is 13.4. The maximum atomic E-state index is 13.4. The summed E-state index contributed by atoms with van der Waals surface area (Å²) < 4.78 is 28.2. The normalized spacial score (nSPS) is 10.6. The molecule has 0 bridgehead atoms. The van der Waals surface area contributed by atoms with Crippen molar-refractivity contribution in [1.29, 1.82) is 0 Å². The Morgan fingerprint density at radius 3 is 2.23 bits per heavy atom. The van der Waals surface area contributed by atoms with Gasteiger partial charge in [0.1, 0.15) is 0 Å². The molecule has 0 radical (unpaired) electrons. The van der Waals surface area contributed by atoms with E-state index in [9.17, 15) is 13.6 Å². The second kappa shape index (κ2) is 5.44. The molecule has 0 saturated carbocycles. The monoisotopic (exact) mass is 299 g/mol. The molecule has 0 unspecified atom stereocenters. The van der Waals surface area contributed by atoms with Gasteiger partial charge in [-0.2, -0.15) is 0 Å². The molecule has 3 aromatic rings. The molecule has 5 heteroatoms. The van der Waals surface area contributed by atoms with E-state index in [1.807, 2.05) is 6.07 Å². The largest absolute Gasteiger partial charge is 0.503 e. The average molecular weight is 299 g/mol. The summed E-state index contributed by atoms with van der Waals surface area (Å²) in [4.78, 5) is 12.3. The van der Waals surface area contributed by atoms with Gasteiger partial charge in [-0.25, -0.2) is 8.78 Å². The Bertz CT molecular complexity index is 818. The number of carbonyl (C=O) groups excluding carboxylic acids is 1. The summed E-state index contributed by atoms with van der Waals surface area (Å²) in [5, 5.41) is 9.11. The molecular weight excluding hydrogens is 288 g/mol. The molecule has 0 spiro atoms. The van der Waals surface area contributed by atoms with Crippen LogP contribution in [0, 0.1) is 11.6 Å². The highest BCUT2D eigenvalue weighted by Gasteiger charge is 2.13. The van der Waals surface area contributed by atoms with E-state index in [0.717, 1.165) is 12.1 Å². The third-order valence-electron chi connectivity index (χ3n) is 3.29. The molecule has 0 fully saturated rings. The van der Waals surface area contributed by atoms with Crippen LogP contribution in [0.1, 0.15) is 15.9 Å². The summed E-state index contributed by atoms with van der Waals surface area (Å²) >= 11 is 0. The van der Waals surface area contributed by atoms with Crippen molar-refractivity contribution >= 4 is 5.78 Å². The molecule has 0 aliphatic rings. The Morgan fingerprint density at radius 2 is 1.59 bits per heavy atom. The third kappa shape index (κ3) is 2.48. The van der Waals surface area contributed by atoms with Crippen LogP contribution in [0.2, 0.25) is 0 Å². The SMILES string of the molecule is O=C(c1ccccc1)c1ccn(-c2cc(F)c(O)c(F)c2)c1. The Kier molecular flexibility index (Phi) is 3.47. The highest BCUT2D eigenvalue weighted by Crippen LogP contribution is 2.24. The summed E-state index contributed by atoms with van der Waals surface area (Å²) in [6.07, 6.45) is 3.02. The number of carbonyl (C=O) groups is 1. The standard InChI is InChI=1S/C17H11F2NO2/c18-14-8-13(9-15(19)17(14)22)20-7-6-12(10-20)16(21)11-4-2-1-3-5-11/h1-10,22H. The smallest absolute Gasteiger partial charge is 0.194 e. The molecule has 1 N–H and O–H groups in total. The second-order valence-corrected chi connectivity index (χ2v) is 4.76. The number of aromatic hydroxyl groups is 1. The number of aromatic nitrogens is 1. The van der Waals surface area contributed by atoms with Crippen molar-refractivity contribution in [1.82, 2.24) is 4.57 Å². The highest BCUT2D eigenvalue weighted by molar-refractivity contribution is 6.08. The van der Waals surface area contributed by atoms with Gasteiger partial charge in [0.15, 0.2) is 23.2 Å². The van der Waals surface area contributed by atoms with Gasteiger partial charge in [0.2, 0.25) is 0 Å². The van der Waals surface area contributed by atoms with Gasteiger partial charge in [-0.05, 0) is 6.07 Å². The number of phenols is 1. The fourth-order valence-corrected chi connectivity index (χ4v) is 2.15. The summed E-state index contributed by atoms with van der Waals surface area (Å²) in [5.74, 6) is -3.31. The van der Waals surface area contributed by atoms with Crippen LogP contribution >= 0.6 is 0 Å². The van der Waals surface area contributed by atoms with Crippen LogP contribution in [0.4, 0.5) is 8.78 Å². The van der Waals surface area contributed by atoms with Crippen molar-refractivity contribution < 1.29 is 18.7 Å². The first-order valence-electron chi connectivity index (χ1n) is 6.52. The summed E-state index contributed by atoms with van der Waals surface area (Å²) in [5.41, 5.74) is 1.11. The first kappa shape index (κ1) is 14.0. The second-order valence-electron chi connectivity index (χ2n) is 4.76. The first-order chi connectivity index (χ1) is 10.6. The lowest BCUT2D eigenvalue weighted by molar-refractivity contribution is 0.103. The average Bonchev–Trinajstić information content (AvgIpc) is 3.02. The third-order valence-corrected chi connectivity index (χ3v) is 3.29. The van der Waals surface area contributed by atoms with Crippen molar-refractivity contribution in [2.24, 2.45) is 0 Å². The molecule has 1 heterocycles. The Labute approximate surface area is 125 Å². The van der Waals surface area contributed by atoms with Crippen LogP contribution in [-0.2, 0) is 0 Å². The highest BCUT2D eigenvalue weighted by atomic mass is 19.1. The van der Waals surface area contributed by atoms with Gasteiger partial charge in [0, 0.05) is 35.7 Å². The molecular formula is C17H11F2NO2. The number of hydrogen-bond acceptors (Lipinski definition) is 2. The molecule has 110 valence electrons. The lowest BCUT2D eigenvalue weighted by Crippen LogP contribution is -2.00. The lowest BCUT2D eigenvalue weighted by atomic mass is 10.1. The van der Waals surface area contributed by atoms with Gasteiger partial charge in [-0.1, -0.05) is 30.3 Å². The van der Waals surface area contributed by atoms with Crippen LogP contribution in [0.25, 0.3) is 5.69 Å². The zero-order chi connectivity index (χ0) is 15.7. The number of benzene rings is 2. The summed E-state index contributed by atoms with van der Waals surface area (Å²) in [7, 11) is 0. The molecule has 1 aromatic heterocycles. The Hall–Kier alpha value is -2.95. The van der Waals surface area contributed by atoms with Crippen LogP contribution in [0.3, 0.4) is 0 Å². The maximum Gasteiger partial charge on any atom is 0.194 e. The minimum atomic E-state index is -1.06. The molecule has 2 aromatic carbocycles. The molecule has 0 aliphatic carbocycles. The molecule has 22 heavy (non-hydrogen) atoms. The Morgan fingerprint density at radius 1 is 0.955 bits per heavy atom. The molecule has 0 aliphatic heterocycles. The number of ketones is 1. The van der Waals surface area contributed by atoms with Crippen LogP contribution in [0.5, 0.6) is 5.75 Å². The molecule has 0 amide bonds. The van der Waals surface area contributed by atoms with Crippen molar-refractivity contribution in [2.45, 2.75) is 0 Å². The van der Waals surface area contributed by atoms with Gasteiger partial charge in [-0.3, -0.25) is 4.79 Å². The zero-order valence-corrected chi connectivity index (χ0v) is 11.3. The van der Waals surface area contributed by atoms with Gasteiger partial charge in [0.25, 0.3) is 0 Å². The van der Waals surface area contributed by atoms with Crippen molar-refractivity contribution in [2.75, 3.05) is 0 Å². The number of nitrogens with zero attached hydrogens (tertiary/aromatic N) is 1. The lowest BCUT2D eigenvalue weighted by Gasteiger charge is -2.05. The van der Waals surface area contributed by atoms with Gasteiger partial charge < -0.3 is 9.67 Å². The van der Waals surface area contributed by atoms with Crippen molar-refractivity contribution in [3.63, 3.8) is 0 Å². The van der Waals surface area contributed by atoms with E-state index in [-0.39, 0.29) is 11.5 Å². The van der Waals surface area contributed by atoms with E-state index in [2.05, 4.69) is 0 Å². The molecule has 0 saturated heterocycles. The summed E-state index contributed by atoms with van der Waals surface area (Å²) in [6, 6.07) is 12.3. The van der Waals surface area contributed by atoms with Crippen molar-refractivity contribution in [3.8, 4) is 11.4 Å². The van der Waals surface area contributed by atoms with E-state index >= 15 is 0 Å². The number of phenolic OH excluding ortho intramolecular Hbond substituents is 1. The predicted octanol–water partition coefficient (Wildman–Crippen LogP) is 3.69. The van der Waals surface area contributed by atoms with E-state index in [1.165, 1.54) is 17.0 Å². The van der Waals surface area contributed by atoms with Gasteiger partial charge >= 0.3 is 0 Å². The van der Waals surface area contributed by atoms with E-state index < -0.39 is 17.4 Å². The summed E-state index contributed by atoms with van der Waals surface area (Å²) in [6.45, 7) is 0. The molecule has 3 nitrogen and oxygen atoms in total. The van der Waals surface area contributed by atoms with E-state index in [4.69, 9.17) is 5.11 Å². The number of rotatable bonds is 3. The Balaban J connectivity index is 1.96. The fraction of sp³-hybridized carbons (Fsp3) is 0. The number of hydrogen-bond donors (Lipinski definition) is 1. The van der Waals surface area contributed by atoms with E-state index in [0.29, 0.717) is 11.1 Å². The minimum Gasteiger partial charge on any atom is -0.503 e. The van der Waals surface area contributed by atoms with Gasteiger partial charge in [0.05, 0.1) is 5.69 Å². The topological polar surface area (TPSA) is 42.2 Å². The molecule has 3 rings (SSSR count). The minimum absolute atomic E-state index is 0.180. The van der Waals surface area contributed by atoms with Crippen LogP contribution in [0.15, 0.2) is 60.9 Å². The quantitative estimate of drug-likeness (QED) is 0.749. The number of halogens is 2. The predicted molar refractivity (Wildman–Crippen MR) is 77.2 cm³/mol. The van der Waals surface area contributed by atoms with Crippen LogP contribution < -0.4 is 0 Å².